The first kappa shape index (κ1) is 23.6. The maximum Gasteiger partial charge on any atom is 0.326 e. The maximum atomic E-state index is 15.8. The lowest BCUT2D eigenvalue weighted by molar-refractivity contribution is -0.175. The molecule has 172 valence electrons. The fraction of sp³-hybridized carbons (Fsp3) is 0.0769. The standard InChI is InChI=1S/C26H14F4N4O/c27-21-8-9-22(23(28)11-21)25(35,20-14-32-16-33-15-20)26(29,30)24-10-7-19(13-34-24)6-3-17-1-4-18(12-31)5-2-17/h1-2,4-5,7-11,13-16,35H. The van der Waals surface area contributed by atoms with Gasteiger partial charge in [-0.3, -0.25) is 4.98 Å². The summed E-state index contributed by atoms with van der Waals surface area (Å²) in [5.41, 5.74) is -4.19. The highest BCUT2D eigenvalue weighted by Gasteiger charge is 2.58. The largest absolute Gasteiger partial charge is 0.374 e. The molecule has 0 saturated heterocycles. The van der Waals surface area contributed by atoms with Crippen molar-refractivity contribution in [1.82, 2.24) is 15.0 Å². The zero-order chi connectivity index (χ0) is 25.1. The molecule has 4 rings (SSSR count). The number of hydrogen-bond acceptors (Lipinski definition) is 5. The van der Waals surface area contributed by atoms with Crippen LogP contribution in [0.2, 0.25) is 0 Å². The Kier molecular flexibility index (Phi) is 6.28. The molecule has 0 bridgehead atoms. The van der Waals surface area contributed by atoms with E-state index in [4.69, 9.17) is 5.26 Å². The van der Waals surface area contributed by atoms with Gasteiger partial charge < -0.3 is 5.11 Å². The number of nitrogens with zero attached hydrogens (tertiary/aromatic N) is 4. The van der Waals surface area contributed by atoms with E-state index in [-0.39, 0.29) is 0 Å². The summed E-state index contributed by atoms with van der Waals surface area (Å²) in [6.07, 6.45) is 3.98. The van der Waals surface area contributed by atoms with Gasteiger partial charge in [0.25, 0.3) is 0 Å². The number of pyridine rings is 1. The SMILES string of the molecule is N#Cc1ccc(C#Cc2ccc(C(F)(F)C(O)(c3cncnc3)c3ccc(F)cc3F)nc2)cc1. The molecule has 5 nitrogen and oxygen atoms in total. The van der Waals surface area contributed by atoms with Crippen molar-refractivity contribution in [3.05, 3.63) is 125 Å². The van der Waals surface area contributed by atoms with Crippen molar-refractivity contribution in [2.75, 3.05) is 0 Å². The topological polar surface area (TPSA) is 82.7 Å². The molecule has 9 heteroatoms. The second kappa shape index (κ2) is 9.34. The normalized spacial score (nSPS) is 12.7. The van der Waals surface area contributed by atoms with Crippen LogP contribution in [-0.4, -0.2) is 20.1 Å². The summed E-state index contributed by atoms with van der Waals surface area (Å²) in [7, 11) is 0. The van der Waals surface area contributed by atoms with Crippen molar-refractivity contribution in [3.8, 4) is 17.9 Å². The molecule has 0 saturated carbocycles. The van der Waals surface area contributed by atoms with Crippen molar-refractivity contribution in [2.24, 2.45) is 0 Å². The van der Waals surface area contributed by atoms with Crippen LogP contribution in [0.4, 0.5) is 17.6 Å². The monoisotopic (exact) mass is 474 g/mol. The molecule has 1 unspecified atom stereocenters. The Balaban J connectivity index is 1.74. The van der Waals surface area contributed by atoms with Crippen molar-refractivity contribution >= 4 is 0 Å². The Hall–Kier alpha value is -4.60. The van der Waals surface area contributed by atoms with Crippen molar-refractivity contribution in [3.63, 3.8) is 0 Å². The highest BCUT2D eigenvalue weighted by atomic mass is 19.3. The summed E-state index contributed by atoms with van der Waals surface area (Å²) >= 11 is 0. The van der Waals surface area contributed by atoms with Gasteiger partial charge >= 0.3 is 5.92 Å². The molecular weight excluding hydrogens is 460 g/mol. The second-order valence-corrected chi connectivity index (χ2v) is 7.41. The van der Waals surface area contributed by atoms with E-state index in [1.807, 2.05) is 6.07 Å². The van der Waals surface area contributed by atoms with Gasteiger partial charge in [-0.25, -0.2) is 18.7 Å². The van der Waals surface area contributed by atoms with Gasteiger partial charge in [-0.1, -0.05) is 11.8 Å². The third-order valence-electron chi connectivity index (χ3n) is 5.20. The second-order valence-electron chi connectivity index (χ2n) is 7.41. The molecular formula is C26H14F4N4O. The van der Waals surface area contributed by atoms with E-state index in [1.165, 1.54) is 6.07 Å². The minimum absolute atomic E-state index is 0.299. The minimum atomic E-state index is -4.19. The molecule has 2 aromatic heterocycles. The van der Waals surface area contributed by atoms with Crippen LogP contribution in [0.15, 0.2) is 79.5 Å². The Morgan fingerprint density at radius 3 is 2.03 bits per heavy atom. The van der Waals surface area contributed by atoms with Crippen LogP contribution in [0.1, 0.15) is 33.5 Å². The van der Waals surface area contributed by atoms with E-state index >= 15 is 8.78 Å². The molecule has 1 atom stereocenters. The quantitative estimate of drug-likeness (QED) is 0.349. The predicted molar refractivity (Wildman–Crippen MR) is 117 cm³/mol. The Morgan fingerprint density at radius 2 is 1.43 bits per heavy atom. The van der Waals surface area contributed by atoms with Crippen LogP contribution in [0.5, 0.6) is 0 Å². The molecule has 0 aliphatic heterocycles. The molecule has 4 aromatic rings. The van der Waals surface area contributed by atoms with E-state index in [2.05, 4.69) is 26.8 Å². The number of rotatable bonds is 4. The molecule has 0 radical (unpaired) electrons. The molecule has 35 heavy (non-hydrogen) atoms. The average molecular weight is 474 g/mol. The lowest BCUT2D eigenvalue weighted by atomic mass is 9.80. The van der Waals surface area contributed by atoms with Crippen LogP contribution < -0.4 is 0 Å². The van der Waals surface area contributed by atoms with Crippen LogP contribution in [0.25, 0.3) is 0 Å². The van der Waals surface area contributed by atoms with Crippen LogP contribution >= 0.6 is 0 Å². The van der Waals surface area contributed by atoms with Crippen molar-refractivity contribution < 1.29 is 22.7 Å². The number of aromatic nitrogens is 3. The van der Waals surface area contributed by atoms with Gasteiger partial charge in [-0.05, 0) is 48.5 Å². The van der Waals surface area contributed by atoms with Gasteiger partial charge in [-0.2, -0.15) is 14.0 Å². The first-order valence-electron chi connectivity index (χ1n) is 10.1. The number of halogens is 4. The predicted octanol–water partition coefficient (Wildman–Crippen LogP) is 4.45. The first-order valence-corrected chi connectivity index (χ1v) is 10.1. The fourth-order valence-electron chi connectivity index (χ4n) is 3.39. The van der Waals surface area contributed by atoms with Gasteiger partial charge in [0.15, 0.2) is 5.60 Å². The van der Waals surface area contributed by atoms with Gasteiger partial charge in [-0.15, -0.1) is 0 Å². The molecule has 1 N–H and O–H groups in total. The molecule has 0 spiro atoms. The van der Waals surface area contributed by atoms with E-state index in [0.29, 0.717) is 22.8 Å². The number of hydrogen-bond donors (Lipinski definition) is 1. The number of aliphatic hydroxyl groups is 1. The number of alkyl halides is 2. The lowest BCUT2D eigenvalue weighted by Crippen LogP contribution is -2.45. The molecule has 0 aliphatic carbocycles. The Labute approximate surface area is 197 Å². The number of benzene rings is 2. The van der Waals surface area contributed by atoms with Crippen LogP contribution in [0, 0.1) is 34.8 Å². The van der Waals surface area contributed by atoms with E-state index in [0.717, 1.165) is 43.1 Å². The summed E-state index contributed by atoms with van der Waals surface area (Å²) < 4.78 is 59.7. The molecule has 0 fully saturated rings. The lowest BCUT2D eigenvalue weighted by Gasteiger charge is -2.36. The van der Waals surface area contributed by atoms with Gasteiger partial charge in [0.2, 0.25) is 0 Å². The van der Waals surface area contributed by atoms with Gasteiger partial charge in [0.05, 0.1) is 11.6 Å². The third-order valence-corrected chi connectivity index (χ3v) is 5.20. The Bertz CT molecular complexity index is 1460. The molecule has 0 amide bonds. The van der Waals surface area contributed by atoms with E-state index in [1.54, 1.807) is 24.3 Å². The summed E-state index contributed by atoms with van der Waals surface area (Å²) in [4.78, 5) is 11.1. The minimum Gasteiger partial charge on any atom is -0.374 e. The highest BCUT2D eigenvalue weighted by molar-refractivity contribution is 5.45. The zero-order valence-electron chi connectivity index (χ0n) is 17.8. The first-order chi connectivity index (χ1) is 16.8. The molecule has 2 aromatic carbocycles. The van der Waals surface area contributed by atoms with E-state index < -0.39 is 40.0 Å². The summed E-state index contributed by atoms with van der Waals surface area (Å²) in [5, 5.41) is 20.1. The summed E-state index contributed by atoms with van der Waals surface area (Å²) in [6.45, 7) is 0. The van der Waals surface area contributed by atoms with Gasteiger partial charge in [0, 0.05) is 46.9 Å². The Morgan fingerprint density at radius 1 is 0.800 bits per heavy atom. The summed E-state index contributed by atoms with van der Waals surface area (Å²) in [6, 6.07) is 12.6. The van der Waals surface area contributed by atoms with Crippen LogP contribution in [0.3, 0.4) is 0 Å². The zero-order valence-corrected chi connectivity index (χ0v) is 17.8. The van der Waals surface area contributed by atoms with Crippen molar-refractivity contribution in [2.45, 2.75) is 11.5 Å². The van der Waals surface area contributed by atoms with Crippen LogP contribution in [-0.2, 0) is 11.5 Å². The molecule has 0 aliphatic rings. The number of nitriles is 1. The molecule has 2 heterocycles. The summed E-state index contributed by atoms with van der Waals surface area (Å²) in [5.74, 6) is -0.958. The van der Waals surface area contributed by atoms with Gasteiger partial charge in [0.1, 0.15) is 23.7 Å². The fourth-order valence-corrected chi connectivity index (χ4v) is 3.39. The smallest absolute Gasteiger partial charge is 0.326 e. The average Bonchev–Trinajstić information content (AvgIpc) is 2.88. The highest BCUT2D eigenvalue weighted by Crippen LogP contribution is 2.49. The maximum absolute atomic E-state index is 15.8. The van der Waals surface area contributed by atoms with Crippen molar-refractivity contribution in [1.29, 1.82) is 5.26 Å². The third kappa shape index (κ3) is 4.45. The van der Waals surface area contributed by atoms with E-state index in [9.17, 15) is 13.9 Å².